The third-order valence-corrected chi connectivity index (χ3v) is 8.43. The Kier molecular flexibility index (Phi) is 8.75. The molecule has 0 radical (unpaired) electrons. The number of rotatable bonds is 8. The molecule has 1 aliphatic heterocycles. The van der Waals surface area contributed by atoms with E-state index in [1.165, 1.54) is 31.2 Å². The number of sulfone groups is 1. The molecule has 2 aromatic carbocycles. The van der Waals surface area contributed by atoms with Gasteiger partial charge < -0.3 is 11.1 Å². The number of likely N-dealkylation sites (tertiary alicyclic amines) is 1. The molecule has 1 fully saturated rings. The summed E-state index contributed by atoms with van der Waals surface area (Å²) in [6.07, 6.45) is -3.92. The predicted octanol–water partition coefficient (Wildman–Crippen LogP) is 4.52. The van der Waals surface area contributed by atoms with Gasteiger partial charge in [-0.3, -0.25) is 9.69 Å². The quantitative estimate of drug-likeness (QED) is 0.503. The Morgan fingerprint density at radius 2 is 1.94 bits per heavy atom. The van der Waals surface area contributed by atoms with E-state index in [9.17, 15) is 26.4 Å². The van der Waals surface area contributed by atoms with Gasteiger partial charge in [0.25, 0.3) is 5.91 Å². The molecule has 1 saturated heterocycles. The molecule has 192 valence electrons. The highest BCUT2D eigenvalue weighted by Gasteiger charge is 2.36. The molecular weight excluding hydrogens is 526 g/mol. The summed E-state index contributed by atoms with van der Waals surface area (Å²) >= 11 is 12.2. The molecule has 0 aromatic heterocycles. The maximum atomic E-state index is 13.9. The second kappa shape index (κ2) is 11.0. The predicted molar refractivity (Wildman–Crippen MR) is 129 cm³/mol. The van der Waals surface area contributed by atoms with Crippen molar-refractivity contribution in [1.82, 2.24) is 10.2 Å². The number of nitrogens with one attached hydrogen (secondary N) is 1. The molecule has 0 saturated carbocycles. The zero-order valence-corrected chi connectivity index (χ0v) is 21.3. The Bertz CT molecular complexity index is 1210. The lowest BCUT2D eigenvalue weighted by atomic mass is 10.0. The number of amides is 1. The summed E-state index contributed by atoms with van der Waals surface area (Å²) in [6, 6.07) is 6.11. The van der Waals surface area contributed by atoms with Crippen LogP contribution in [0.15, 0.2) is 35.2 Å². The van der Waals surface area contributed by atoms with E-state index in [-0.39, 0.29) is 56.4 Å². The molecule has 35 heavy (non-hydrogen) atoms. The summed E-state index contributed by atoms with van der Waals surface area (Å²) < 4.78 is 66.4. The van der Waals surface area contributed by atoms with Crippen LogP contribution in [0, 0.1) is 5.92 Å². The van der Waals surface area contributed by atoms with Crippen molar-refractivity contribution in [2.75, 3.05) is 25.4 Å². The SMILES string of the molecule is CCS(=O)(=O)c1ccc(Cl)cc1CNC(=O)c1cc(Cl)c(CN2CC[C@@H](CN)C2)c(C(F)(F)F)c1. The zero-order chi connectivity index (χ0) is 26.0. The van der Waals surface area contributed by atoms with Crippen LogP contribution in [-0.4, -0.2) is 44.6 Å². The van der Waals surface area contributed by atoms with Crippen LogP contribution in [0.25, 0.3) is 0 Å². The van der Waals surface area contributed by atoms with Crippen molar-refractivity contribution in [2.24, 2.45) is 11.7 Å². The highest BCUT2D eigenvalue weighted by molar-refractivity contribution is 7.91. The Labute approximate surface area is 212 Å². The zero-order valence-electron chi connectivity index (χ0n) is 19.0. The smallest absolute Gasteiger partial charge is 0.348 e. The molecule has 12 heteroatoms. The molecule has 1 aliphatic rings. The molecule has 3 N–H and O–H groups in total. The third kappa shape index (κ3) is 6.68. The lowest BCUT2D eigenvalue weighted by molar-refractivity contribution is -0.138. The second-order valence-corrected chi connectivity index (χ2v) is 11.5. The Balaban J connectivity index is 1.86. The molecule has 0 bridgehead atoms. The monoisotopic (exact) mass is 551 g/mol. The van der Waals surface area contributed by atoms with Crippen molar-refractivity contribution >= 4 is 38.9 Å². The number of halogens is 5. The van der Waals surface area contributed by atoms with Gasteiger partial charge in [-0.2, -0.15) is 13.2 Å². The standard InChI is InChI=1S/C23H26Cl2F3N3O3S/c1-2-35(33,34)21-4-3-17(24)7-16(21)11-30-22(32)15-8-19(23(26,27)28)18(20(25)9-15)13-31-6-5-14(10-29)12-31/h3-4,7-9,14H,2,5-6,10-13,29H2,1H3,(H,30,32)/t14-/m0/s1. The number of nitrogens with two attached hydrogens (primary N) is 1. The summed E-state index contributed by atoms with van der Waals surface area (Å²) in [4.78, 5) is 14.6. The van der Waals surface area contributed by atoms with E-state index in [2.05, 4.69) is 5.32 Å². The van der Waals surface area contributed by atoms with Gasteiger partial charge in [0, 0.05) is 35.2 Å². The number of carbonyl (C=O) groups is 1. The first-order chi connectivity index (χ1) is 16.4. The Morgan fingerprint density at radius 3 is 2.54 bits per heavy atom. The van der Waals surface area contributed by atoms with Crippen LogP contribution in [0.5, 0.6) is 0 Å². The normalized spacial score (nSPS) is 17.1. The van der Waals surface area contributed by atoms with E-state index in [1.54, 1.807) is 0 Å². The van der Waals surface area contributed by atoms with Gasteiger partial charge in [0.1, 0.15) is 0 Å². The number of alkyl halides is 3. The van der Waals surface area contributed by atoms with Gasteiger partial charge in [-0.25, -0.2) is 8.42 Å². The maximum Gasteiger partial charge on any atom is 0.416 e. The number of carbonyl (C=O) groups excluding carboxylic acids is 1. The second-order valence-electron chi connectivity index (χ2n) is 8.45. The Morgan fingerprint density at radius 1 is 1.23 bits per heavy atom. The maximum absolute atomic E-state index is 13.9. The minimum absolute atomic E-state index is 0.00421. The van der Waals surface area contributed by atoms with Crippen LogP contribution in [0.2, 0.25) is 10.0 Å². The molecular formula is C23H26Cl2F3N3O3S. The van der Waals surface area contributed by atoms with Crippen LogP contribution in [0.1, 0.15) is 40.4 Å². The Hall–Kier alpha value is -1.85. The number of benzene rings is 2. The molecule has 0 spiro atoms. The van der Waals surface area contributed by atoms with Gasteiger partial charge in [-0.1, -0.05) is 30.1 Å². The van der Waals surface area contributed by atoms with Crippen molar-refractivity contribution in [3.8, 4) is 0 Å². The fourth-order valence-corrected chi connectivity index (χ4v) is 5.67. The summed E-state index contributed by atoms with van der Waals surface area (Å²) in [6.45, 7) is 2.88. The van der Waals surface area contributed by atoms with Gasteiger partial charge >= 0.3 is 6.18 Å². The molecule has 6 nitrogen and oxygen atoms in total. The lowest BCUT2D eigenvalue weighted by Crippen LogP contribution is -2.27. The van der Waals surface area contributed by atoms with Gasteiger partial charge in [0.05, 0.1) is 16.2 Å². The highest BCUT2D eigenvalue weighted by Crippen LogP contribution is 2.37. The molecule has 1 amide bonds. The average Bonchev–Trinajstić information content (AvgIpc) is 3.25. The van der Waals surface area contributed by atoms with E-state index < -0.39 is 27.5 Å². The largest absolute Gasteiger partial charge is 0.416 e. The topological polar surface area (TPSA) is 92.5 Å². The van der Waals surface area contributed by atoms with Crippen LogP contribution >= 0.6 is 23.2 Å². The third-order valence-electron chi connectivity index (χ3n) is 6.03. The van der Waals surface area contributed by atoms with E-state index in [4.69, 9.17) is 28.9 Å². The molecule has 2 aromatic rings. The van der Waals surface area contributed by atoms with Crippen LogP contribution in [-0.2, 0) is 29.1 Å². The molecule has 1 heterocycles. The van der Waals surface area contributed by atoms with Crippen molar-refractivity contribution in [2.45, 2.75) is 37.5 Å². The lowest BCUT2D eigenvalue weighted by Gasteiger charge is -2.21. The van der Waals surface area contributed by atoms with E-state index in [0.29, 0.717) is 19.6 Å². The highest BCUT2D eigenvalue weighted by atomic mass is 35.5. The van der Waals surface area contributed by atoms with Crippen LogP contribution < -0.4 is 11.1 Å². The summed E-state index contributed by atoms with van der Waals surface area (Å²) in [7, 11) is -3.61. The first-order valence-corrected chi connectivity index (χ1v) is 13.4. The van der Waals surface area contributed by atoms with Crippen LogP contribution in [0.3, 0.4) is 0 Å². The average molecular weight is 552 g/mol. The van der Waals surface area contributed by atoms with Crippen molar-refractivity contribution in [3.05, 3.63) is 62.6 Å². The van der Waals surface area contributed by atoms with E-state index in [0.717, 1.165) is 12.5 Å². The minimum Gasteiger partial charge on any atom is -0.348 e. The molecule has 3 rings (SSSR count). The summed E-state index contributed by atoms with van der Waals surface area (Å²) in [5.74, 6) is -0.765. The first-order valence-electron chi connectivity index (χ1n) is 11.0. The fourth-order valence-electron chi connectivity index (χ4n) is 4.08. The molecule has 1 atom stereocenters. The van der Waals surface area contributed by atoms with Crippen molar-refractivity contribution in [1.29, 1.82) is 0 Å². The van der Waals surface area contributed by atoms with Crippen molar-refractivity contribution in [3.63, 3.8) is 0 Å². The van der Waals surface area contributed by atoms with Gasteiger partial charge in [-0.15, -0.1) is 0 Å². The van der Waals surface area contributed by atoms with Crippen LogP contribution in [0.4, 0.5) is 13.2 Å². The first kappa shape index (κ1) is 27.7. The molecule has 0 aliphatic carbocycles. The van der Waals surface area contributed by atoms with E-state index in [1.807, 2.05) is 4.90 Å². The minimum atomic E-state index is -4.72. The number of hydrogen-bond acceptors (Lipinski definition) is 5. The molecule has 0 unspecified atom stereocenters. The summed E-state index contributed by atoms with van der Waals surface area (Å²) in [5.41, 5.74) is 4.54. The number of hydrogen-bond donors (Lipinski definition) is 2. The van der Waals surface area contributed by atoms with Gasteiger partial charge in [-0.05, 0) is 66.9 Å². The number of nitrogens with zero attached hydrogens (tertiary/aromatic N) is 1. The van der Waals surface area contributed by atoms with E-state index >= 15 is 0 Å². The van der Waals surface area contributed by atoms with Gasteiger partial charge in [0.15, 0.2) is 9.84 Å². The fraction of sp³-hybridized carbons (Fsp3) is 0.435. The van der Waals surface area contributed by atoms with Gasteiger partial charge in [0.2, 0.25) is 0 Å². The van der Waals surface area contributed by atoms with Crippen molar-refractivity contribution < 1.29 is 26.4 Å². The summed E-state index contributed by atoms with van der Waals surface area (Å²) in [5, 5.41) is 2.57.